The SMILES string of the molecule is NC1=NC=C[N]1. The monoisotopic (exact) mass is 82.0 g/mol. The van der Waals surface area contributed by atoms with Crippen LogP contribution in [0.3, 0.4) is 0 Å². The zero-order valence-corrected chi connectivity index (χ0v) is 3.13. The average molecular weight is 82.1 g/mol. The molecule has 31 valence electrons. The summed E-state index contributed by atoms with van der Waals surface area (Å²) in [5.74, 6) is 0.343. The van der Waals surface area contributed by atoms with E-state index in [2.05, 4.69) is 10.3 Å². The summed E-state index contributed by atoms with van der Waals surface area (Å²) in [4.78, 5) is 3.58. The second-order valence-electron chi connectivity index (χ2n) is 0.915. The molecule has 1 rings (SSSR count). The maximum Gasteiger partial charge on any atom is 0.220 e. The first-order valence-corrected chi connectivity index (χ1v) is 1.59. The molecule has 6 heavy (non-hydrogen) atoms. The summed E-state index contributed by atoms with van der Waals surface area (Å²) in [5.41, 5.74) is 5.06. The largest absolute Gasteiger partial charge is 0.368 e. The van der Waals surface area contributed by atoms with Crippen LogP contribution in [0.4, 0.5) is 0 Å². The van der Waals surface area contributed by atoms with Gasteiger partial charge >= 0.3 is 0 Å². The minimum absolute atomic E-state index is 0.343. The molecule has 0 aliphatic carbocycles. The van der Waals surface area contributed by atoms with E-state index in [1.807, 2.05) is 0 Å². The van der Waals surface area contributed by atoms with E-state index in [9.17, 15) is 0 Å². The Morgan fingerprint density at radius 3 is 2.50 bits per heavy atom. The summed E-state index contributed by atoms with van der Waals surface area (Å²) in [6, 6.07) is 0. The van der Waals surface area contributed by atoms with E-state index in [1.165, 1.54) is 0 Å². The lowest BCUT2D eigenvalue weighted by atomic mass is 10.9. The van der Waals surface area contributed by atoms with Crippen LogP contribution in [0, 0.1) is 0 Å². The van der Waals surface area contributed by atoms with Gasteiger partial charge < -0.3 is 5.73 Å². The van der Waals surface area contributed by atoms with Gasteiger partial charge in [-0.1, -0.05) is 0 Å². The fraction of sp³-hybridized carbons (Fsp3) is 0. The smallest absolute Gasteiger partial charge is 0.220 e. The summed E-state index contributed by atoms with van der Waals surface area (Å²) < 4.78 is 0. The van der Waals surface area contributed by atoms with E-state index in [4.69, 9.17) is 5.73 Å². The van der Waals surface area contributed by atoms with Gasteiger partial charge in [-0.2, -0.15) is 0 Å². The highest BCUT2D eigenvalue weighted by molar-refractivity contribution is 5.80. The third-order valence-electron chi connectivity index (χ3n) is 0.480. The van der Waals surface area contributed by atoms with Gasteiger partial charge in [0.15, 0.2) is 0 Å². The summed E-state index contributed by atoms with van der Waals surface area (Å²) in [7, 11) is 0. The van der Waals surface area contributed by atoms with Crippen molar-refractivity contribution in [2.24, 2.45) is 10.7 Å². The summed E-state index contributed by atoms with van der Waals surface area (Å²) in [5, 5.41) is 3.58. The van der Waals surface area contributed by atoms with E-state index in [0.29, 0.717) is 5.96 Å². The Hall–Kier alpha value is -0.990. The third kappa shape index (κ3) is 0.337. The van der Waals surface area contributed by atoms with Crippen LogP contribution in [0.1, 0.15) is 0 Å². The van der Waals surface area contributed by atoms with Gasteiger partial charge in [0, 0.05) is 12.4 Å². The number of nitrogens with two attached hydrogens (primary N) is 1. The Morgan fingerprint density at radius 1 is 1.50 bits per heavy atom. The molecule has 1 radical (unpaired) electrons. The van der Waals surface area contributed by atoms with E-state index in [-0.39, 0.29) is 0 Å². The molecule has 0 atom stereocenters. The minimum Gasteiger partial charge on any atom is -0.368 e. The molecule has 3 heteroatoms. The fourth-order valence-corrected chi connectivity index (χ4v) is 0.253. The van der Waals surface area contributed by atoms with Crippen LogP contribution in [-0.2, 0) is 0 Å². The lowest BCUT2D eigenvalue weighted by Gasteiger charge is -1.79. The standard InChI is InChI=1S/C3H4N3/c4-3-5-1-2-6-3/h1-2H,(H2,4,5). The summed E-state index contributed by atoms with van der Waals surface area (Å²) in [6.45, 7) is 0. The number of nitrogens with zero attached hydrogens (tertiary/aromatic N) is 2. The van der Waals surface area contributed by atoms with Crippen molar-refractivity contribution in [1.29, 1.82) is 0 Å². The zero-order valence-electron chi connectivity index (χ0n) is 3.13. The molecule has 2 N–H and O–H groups in total. The maximum atomic E-state index is 5.06. The van der Waals surface area contributed by atoms with Gasteiger partial charge in [0.1, 0.15) is 0 Å². The van der Waals surface area contributed by atoms with Crippen LogP contribution in [0.2, 0.25) is 0 Å². The molecule has 0 aromatic carbocycles. The molecule has 0 saturated carbocycles. The summed E-state index contributed by atoms with van der Waals surface area (Å²) in [6.07, 6.45) is 3.10. The topological polar surface area (TPSA) is 52.5 Å². The minimum atomic E-state index is 0.343. The van der Waals surface area contributed by atoms with Gasteiger partial charge in [0.05, 0.1) is 0 Å². The average Bonchev–Trinajstić information content (AvgIpc) is 1.86. The number of hydrogen-bond acceptors (Lipinski definition) is 2. The van der Waals surface area contributed by atoms with Crippen LogP contribution in [0.15, 0.2) is 17.4 Å². The maximum absolute atomic E-state index is 5.06. The molecule has 1 aliphatic heterocycles. The van der Waals surface area contributed by atoms with Gasteiger partial charge in [0.2, 0.25) is 5.96 Å². The Bertz CT molecular complexity index is 103. The van der Waals surface area contributed by atoms with Gasteiger partial charge in [-0.25, -0.2) is 10.3 Å². The van der Waals surface area contributed by atoms with Crippen molar-refractivity contribution in [3.05, 3.63) is 12.4 Å². The van der Waals surface area contributed by atoms with E-state index in [0.717, 1.165) is 0 Å². The highest BCUT2D eigenvalue weighted by Crippen LogP contribution is 1.80. The molecule has 0 saturated heterocycles. The number of guanidine groups is 1. The van der Waals surface area contributed by atoms with E-state index >= 15 is 0 Å². The Kier molecular flexibility index (Phi) is 0.538. The van der Waals surface area contributed by atoms with Crippen molar-refractivity contribution in [3.63, 3.8) is 0 Å². The molecule has 0 spiro atoms. The first kappa shape index (κ1) is 3.21. The van der Waals surface area contributed by atoms with Crippen molar-refractivity contribution in [2.45, 2.75) is 0 Å². The Morgan fingerprint density at radius 2 is 2.33 bits per heavy atom. The van der Waals surface area contributed by atoms with Crippen LogP contribution < -0.4 is 11.1 Å². The Labute approximate surface area is 35.6 Å². The third-order valence-corrected chi connectivity index (χ3v) is 0.480. The summed E-state index contributed by atoms with van der Waals surface area (Å²) >= 11 is 0. The number of hydrogen-bond donors (Lipinski definition) is 1. The van der Waals surface area contributed by atoms with Gasteiger partial charge in [0.25, 0.3) is 0 Å². The molecule has 0 aromatic rings. The molecule has 0 fully saturated rings. The second-order valence-corrected chi connectivity index (χ2v) is 0.915. The lowest BCUT2D eigenvalue weighted by molar-refractivity contribution is 1.26. The molecule has 1 heterocycles. The molecular formula is C3H4N3. The predicted molar refractivity (Wildman–Crippen MR) is 22.9 cm³/mol. The lowest BCUT2D eigenvalue weighted by Crippen LogP contribution is -2.16. The highest BCUT2D eigenvalue weighted by atomic mass is 15.1. The van der Waals surface area contributed by atoms with Gasteiger partial charge in [-0.05, 0) is 0 Å². The first-order chi connectivity index (χ1) is 2.89. The fourth-order valence-electron chi connectivity index (χ4n) is 0.253. The number of aliphatic imine (C=N–C) groups is 1. The van der Waals surface area contributed by atoms with Crippen molar-refractivity contribution >= 4 is 5.96 Å². The first-order valence-electron chi connectivity index (χ1n) is 1.59. The normalized spacial score (nSPS) is 17.0. The van der Waals surface area contributed by atoms with E-state index < -0.39 is 0 Å². The molecule has 1 aliphatic rings. The number of rotatable bonds is 0. The highest BCUT2D eigenvalue weighted by Gasteiger charge is 1.89. The molecule has 0 aromatic heterocycles. The molecular weight excluding hydrogens is 78.1 g/mol. The van der Waals surface area contributed by atoms with Crippen molar-refractivity contribution < 1.29 is 0 Å². The molecule has 0 amide bonds. The zero-order chi connectivity index (χ0) is 4.41. The predicted octanol–water partition coefficient (Wildman–Crippen LogP) is -0.610. The second kappa shape index (κ2) is 1.01. The molecule has 0 bridgehead atoms. The van der Waals surface area contributed by atoms with Crippen LogP contribution in [0.5, 0.6) is 0 Å². The Balaban J connectivity index is 2.61. The van der Waals surface area contributed by atoms with E-state index in [1.54, 1.807) is 12.4 Å². The molecule has 0 unspecified atom stereocenters. The van der Waals surface area contributed by atoms with Crippen LogP contribution >= 0.6 is 0 Å². The van der Waals surface area contributed by atoms with Gasteiger partial charge in [-0.3, -0.25) is 0 Å². The quantitative estimate of drug-likeness (QED) is 0.416. The van der Waals surface area contributed by atoms with Crippen molar-refractivity contribution in [1.82, 2.24) is 5.32 Å². The van der Waals surface area contributed by atoms with Crippen molar-refractivity contribution in [2.75, 3.05) is 0 Å². The van der Waals surface area contributed by atoms with Gasteiger partial charge in [-0.15, -0.1) is 0 Å². The van der Waals surface area contributed by atoms with Crippen molar-refractivity contribution in [3.8, 4) is 0 Å². The van der Waals surface area contributed by atoms with Crippen LogP contribution in [-0.4, -0.2) is 5.96 Å². The molecule has 3 nitrogen and oxygen atoms in total. The van der Waals surface area contributed by atoms with Crippen LogP contribution in [0.25, 0.3) is 0 Å².